The van der Waals surface area contributed by atoms with Gasteiger partial charge in [-0.1, -0.05) is 37.6 Å². The summed E-state index contributed by atoms with van der Waals surface area (Å²) >= 11 is 5.89. The van der Waals surface area contributed by atoms with Crippen LogP contribution in [0.25, 0.3) is 0 Å². The highest BCUT2D eigenvalue weighted by atomic mass is 35.5. The highest BCUT2D eigenvalue weighted by Crippen LogP contribution is 2.18. The Morgan fingerprint density at radius 3 is 2.40 bits per heavy atom. The molecule has 1 aromatic rings. The van der Waals surface area contributed by atoms with E-state index in [1.165, 1.54) is 5.56 Å². The number of hydrogen-bond donors (Lipinski definition) is 2. The van der Waals surface area contributed by atoms with Crippen LogP contribution in [0.2, 0.25) is 5.02 Å². The highest BCUT2D eigenvalue weighted by molar-refractivity contribution is 6.30. The molecular weight excluding hydrogens is 272 g/mol. The third kappa shape index (κ3) is 5.93. The molecule has 0 aliphatic heterocycles. The van der Waals surface area contributed by atoms with Crippen molar-refractivity contribution in [2.75, 3.05) is 6.54 Å². The molecule has 20 heavy (non-hydrogen) atoms. The Balaban J connectivity index is 2.38. The second kappa shape index (κ2) is 8.98. The van der Waals surface area contributed by atoms with Gasteiger partial charge in [0.15, 0.2) is 0 Å². The van der Waals surface area contributed by atoms with E-state index >= 15 is 0 Å². The quantitative estimate of drug-likeness (QED) is 0.768. The molecule has 3 nitrogen and oxygen atoms in total. The molecule has 0 aliphatic carbocycles. The summed E-state index contributed by atoms with van der Waals surface area (Å²) in [5, 5.41) is 7.14. The molecule has 4 heteroatoms. The number of benzene rings is 1. The van der Waals surface area contributed by atoms with Crippen LogP contribution < -0.4 is 10.6 Å². The monoisotopic (exact) mass is 296 g/mol. The van der Waals surface area contributed by atoms with Crippen LogP contribution in [0.1, 0.15) is 51.6 Å². The van der Waals surface area contributed by atoms with Crippen molar-refractivity contribution in [3.8, 4) is 0 Å². The SMILES string of the molecule is CCC(C)NC(=O)CCNC(CC)c1ccc(Cl)cc1. The van der Waals surface area contributed by atoms with E-state index in [0.29, 0.717) is 13.0 Å². The largest absolute Gasteiger partial charge is 0.354 e. The average molecular weight is 297 g/mol. The van der Waals surface area contributed by atoms with Gasteiger partial charge in [-0.25, -0.2) is 0 Å². The fourth-order valence-corrected chi connectivity index (χ4v) is 2.13. The van der Waals surface area contributed by atoms with E-state index in [9.17, 15) is 4.79 Å². The van der Waals surface area contributed by atoms with Gasteiger partial charge >= 0.3 is 0 Å². The van der Waals surface area contributed by atoms with Crippen molar-refractivity contribution < 1.29 is 4.79 Å². The summed E-state index contributed by atoms with van der Waals surface area (Å²) in [6, 6.07) is 8.38. The van der Waals surface area contributed by atoms with Crippen LogP contribution in [-0.2, 0) is 4.79 Å². The predicted octanol–water partition coefficient (Wildman–Crippen LogP) is 3.69. The standard InChI is InChI=1S/C16H25ClN2O/c1-4-12(3)19-16(20)10-11-18-15(5-2)13-6-8-14(17)9-7-13/h6-9,12,15,18H,4-5,10-11H2,1-3H3,(H,19,20). The third-order valence-corrected chi connectivity index (χ3v) is 3.70. The van der Waals surface area contributed by atoms with Crippen molar-refractivity contribution in [2.24, 2.45) is 0 Å². The van der Waals surface area contributed by atoms with Crippen LogP contribution in [0.5, 0.6) is 0 Å². The Kier molecular flexibility index (Phi) is 7.63. The van der Waals surface area contributed by atoms with Crippen molar-refractivity contribution >= 4 is 17.5 Å². The first-order valence-electron chi connectivity index (χ1n) is 7.35. The van der Waals surface area contributed by atoms with Crippen LogP contribution in [0.3, 0.4) is 0 Å². The van der Waals surface area contributed by atoms with Gasteiger partial charge in [0.2, 0.25) is 5.91 Å². The lowest BCUT2D eigenvalue weighted by molar-refractivity contribution is -0.121. The van der Waals surface area contributed by atoms with E-state index in [1.54, 1.807) is 0 Å². The van der Waals surface area contributed by atoms with Gasteiger partial charge in [0, 0.05) is 30.1 Å². The maximum atomic E-state index is 11.7. The summed E-state index contributed by atoms with van der Waals surface area (Å²) in [7, 11) is 0. The molecule has 0 aliphatic rings. The number of rotatable bonds is 8. The molecule has 0 heterocycles. The van der Waals surface area contributed by atoms with Gasteiger partial charge in [0.1, 0.15) is 0 Å². The van der Waals surface area contributed by atoms with Gasteiger partial charge in [-0.05, 0) is 37.5 Å². The molecule has 2 N–H and O–H groups in total. The number of carbonyl (C=O) groups excluding carboxylic acids is 1. The lowest BCUT2D eigenvalue weighted by Crippen LogP contribution is -2.34. The van der Waals surface area contributed by atoms with E-state index in [0.717, 1.165) is 17.9 Å². The number of carbonyl (C=O) groups is 1. The summed E-state index contributed by atoms with van der Waals surface area (Å²) < 4.78 is 0. The lowest BCUT2D eigenvalue weighted by Gasteiger charge is -2.18. The van der Waals surface area contributed by atoms with Crippen LogP contribution >= 0.6 is 11.6 Å². The molecule has 1 rings (SSSR count). The lowest BCUT2D eigenvalue weighted by atomic mass is 10.0. The van der Waals surface area contributed by atoms with Gasteiger partial charge in [0.25, 0.3) is 0 Å². The Hall–Kier alpha value is -1.06. The van der Waals surface area contributed by atoms with Crippen molar-refractivity contribution in [1.29, 1.82) is 0 Å². The van der Waals surface area contributed by atoms with Gasteiger partial charge in [0.05, 0.1) is 0 Å². The topological polar surface area (TPSA) is 41.1 Å². The molecule has 0 saturated carbocycles. The van der Waals surface area contributed by atoms with E-state index in [1.807, 2.05) is 31.2 Å². The molecule has 0 aromatic heterocycles. The Labute approximate surface area is 127 Å². The van der Waals surface area contributed by atoms with Crippen molar-refractivity contribution in [3.05, 3.63) is 34.9 Å². The fourth-order valence-electron chi connectivity index (χ4n) is 2.00. The van der Waals surface area contributed by atoms with Crippen LogP contribution in [-0.4, -0.2) is 18.5 Å². The zero-order valence-corrected chi connectivity index (χ0v) is 13.3. The molecule has 112 valence electrons. The Morgan fingerprint density at radius 2 is 1.85 bits per heavy atom. The first-order valence-corrected chi connectivity index (χ1v) is 7.72. The minimum Gasteiger partial charge on any atom is -0.354 e. The molecule has 0 saturated heterocycles. The second-order valence-corrected chi connectivity index (χ2v) is 5.53. The van der Waals surface area contributed by atoms with Gasteiger partial charge in [-0.3, -0.25) is 4.79 Å². The van der Waals surface area contributed by atoms with Crippen LogP contribution in [0.4, 0.5) is 0 Å². The maximum absolute atomic E-state index is 11.7. The van der Waals surface area contributed by atoms with Gasteiger partial charge < -0.3 is 10.6 Å². The number of amides is 1. The first kappa shape index (κ1) is 17.0. The van der Waals surface area contributed by atoms with E-state index in [-0.39, 0.29) is 18.0 Å². The summed E-state index contributed by atoms with van der Waals surface area (Å²) in [5.74, 6) is 0.109. The van der Waals surface area contributed by atoms with E-state index in [4.69, 9.17) is 11.6 Å². The van der Waals surface area contributed by atoms with E-state index in [2.05, 4.69) is 24.5 Å². The van der Waals surface area contributed by atoms with Gasteiger partial charge in [-0.15, -0.1) is 0 Å². The molecule has 2 unspecified atom stereocenters. The second-order valence-electron chi connectivity index (χ2n) is 5.09. The summed E-state index contributed by atoms with van der Waals surface area (Å²) in [6.07, 6.45) is 2.45. The van der Waals surface area contributed by atoms with Crippen molar-refractivity contribution in [2.45, 2.75) is 52.1 Å². The first-order chi connectivity index (χ1) is 9.56. The zero-order valence-electron chi connectivity index (χ0n) is 12.6. The van der Waals surface area contributed by atoms with Crippen LogP contribution in [0.15, 0.2) is 24.3 Å². The molecule has 0 fully saturated rings. The molecular formula is C16H25ClN2O. The minimum atomic E-state index is 0.109. The molecule has 2 atom stereocenters. The predicted molar refractivity (Wildman–Crippen MR) is 85.0 cm³/mol. The number of halogens is 1. The summed E-state index contributed by atoms with van der Waals surface area (Å²) in [4.78, 5) is 11.7. The normalized spacial score (nSPS) is 13.8. The third-order valence-electron chi connectivity index (χ3n) is 3.44. The number of hydrogen-bond acceptors (Lipinski definition) is 2. The molecule has 0 bridgehead atoms. The van der Waals surface area contributed by atoms with Crippen molar-refractivity contribution in [3.63, 3.8) is 0 Å². The summed E-state index contributed by atoms with van der Waals surface area (Å²) in [5.41, 5.74) is 1.21. The minimum absolute atomic E-state index is 0.109. The molecule has 0 spiro atoms. The van der Waals surface area contributed by atoms with Crippen molar-refractivity contribution in [1.82, 2.24) is 10.6 Å². The average Bonchev–Trinajstić information content (AvgIpc) is 2.44. The summed E-state index contributed by atoms with van der Waals surface area (Å²) in [6.45, 7) is 6.90. The molecule has 0 radical (unpaired) electrons. The Bertz CT molecular complexity index is 405. The van der Waals surface area contributed by atoms with Crippen LogP contribution in [0, 0.1) is 0 Å². The fraction of sp³-hybridized carbons (Fsp3) is 0.562. The number of nitrogens with one attached hydrogen (secondary N) is 2. The molecule has 1 amide bonds. The van der Waals surface area contributed by atoms with E-state index < -0.39 is 0 Å². The smallest absolute Gasteiger partial charge is 0.221 e. The van der Waals surface area contributed by atoms with Gasteiger partial charge in [-0.2, -0.15) is 0 Å². The zero-order chi connectivity index (χ0) is 15.0. The maximum Gasteiger partial charge on any atom is 0.221 e. The Morgan fingerprint density at radius 1 is 1.20 bits per heavy atom. The highest BCUT2D eigenvalue weighted by Gasteiger charge is 2.10. The molecule has 1 aromatic carbocycles.